The van der Waals surface area contributed by atoms with Crippen LogP contribution in [0.25, 0.3) is 0 Å². The van der Waals surface area contributed by atoms with Crippen LogP contribution in [-0.2, 0) is 0 Å². The van der Waals surface area contributed by atoms with Gasteiger partial charge in [0.25, 0.3) is 0 Å². The molecule has 0 aliphatic heterocycles. The number of aliphatic hydroxyl groups excluding tert-OH is 2. The lowest BCUT2D eigenvalue weighted by Gasteiger charge is -2.29. The summed E-state index contributed by atoms with van der Waals surface area (Å²) in [5, 5.41) is 24.3. The first-order valence-corrected chi connectivity index (χ1v) is 8.49. The van der Waals surface area contributed by atoms with E-state index in [4.69, 9.17) is 0 Å². The summed E-state index contributed by atoms with van der Waals surface area (Å²) in [5.41, 5.74) is 2.81. The van der Waals surface area contributed by atoms with Gasteiger partial charge in [0.15, 0.2) is 0 Å². The Bertz CT molecular complexity index is 747. The van der Waals surface area contributed by atoms with Crippen molar-refractivity contribution >= 4 is 0 Å². The molecule has 3 aromatic rings. The van der Waals surface area contributed by atoms with Gasteiger partial charge >= 0.3 is 0 Å². The molecular weight excluding hydrogens is 310 g/mol. The zero-order chi connectivity index (χ0) is 17.5. The largest absolute Gasteiger partial charge is 0.394 e. The number of hydrogen-bond donors (Lipinski definition) is 3. The maximum absolute atomic E-state index is 11.0. The molecule has 0 radical (unpaired) electrons. The highest BCUT2D eigenvalue weighted by Gasteiger charge is 2.25. The summed E-state index contributed by atoms with van der Waals surface area (Å²) in [5.74, 6) is 0. The van der Waals surface area contributed by atoms with Crippen molar-refractivity contribution in [3.05, 3.63) is 108 Å². The van der Waals surface area contributed by atoms with E-state index < -0.39 is 6.10 Å². The third kappa shape index (κ3) is 4.34. The van der Waals surface area contributed by atoms with E-state index in [-0.39, 0.29) is 18.7 Å². The third-order valence-electron chi connectivity index (χ3n) is 4.38. The van der Waals surface area contributed by atoms with Crippen LogP contribution in [0.15, 0.2) is 91.0 Å². The second-order valence-corrected chi connectivity index (χ2v) is 6.06. The van der Waals surface area contributed by atoms with Crippen molar-refractivity contribution in [2.75, 3.05) is 6.61 Å². The van der Waals surface area contributed by atoms with Gasteiger partial charge in [-0.15, -0.1) is 0 Å². The van der Waals surface area contributed by atoms with E-state index in [1.165, 1.54) is 0 Å². The molecule has 0 heterocycles. The second kappa shape index (κ2) is 8.58. The Hall–Kier alpha value is -2.46. The van der Waals surface area contributed by atoms with Gasteiger partial charge in [-0.1, -0.05) is 91.0 Å². The van der Waals surface area contributed by atoms with Gasteiger partial charge in [0, 0.05) is 0 Å². The normalized spacial score (nSPS) is 14.6. The summed E-state index contributed by atoms with van der Waals surface area (Å²) in [6.07, 6.45) is -0.721. The van der Waals surface area contributed by atoms with Crippen LogP contribution in [0.2, 0.25) is 0 Å². The lowest BCUT2D eigenvalue weighted by atomic mass is 9.94. The molecule has 3 heteroatoms. The Balaban J connectivity index is 1.91. The topological polar surface area (TPSA) is 52.5 Å². The van der Waals surface area contributed by atoms with Crippen LogP contribution >= 0.6 is 0 Å². The lowest BCUT2D eigenvalue weighted by Crippen LogP contribution is -2.32. The molecule has 3 nitrogen and oxygen atoms in total. The molecule has 0 amide bonds. The Labute approximate surface area is 148 Å². The quantitative estimate of drug-likeness (QED) is 0.617. The molecule has 3 N–H and O–H groups in total. The van der Waals surface area contributed by atoms with E-state index in [2.05, 4.69) is 5.32 Å². The van der Waals surface area contributed by atoms with Crippen molar-refractivity contribution in [2.24, 2.45) is 0 Å². The minimum atomic E-state index is -0.721. The monoisotopic (exact) mass is 333 g/mol. The van der Waals surface area contributed by atoms with E-state index in [1.807, 2.05) is 91.0 Å². The SMILES string of the molecule is OC[C@H](N[C@H](c1ccccc1)[C@@H](O)c1ccccc1)c1ccccc1. The highest BCUT2D eigenvalue weighted by Crippen LogP contribution is 2.31. The predicted molar refractivity (Wildman–Crippen MR) is 100.0 cm³/mol. The molecule has 0 bridgehead atoms. The third-order valence-corrected chi connectivity index (χ3v) is 4.38. The number of nitrogens with one attached hydrogen (secondary N) is 1. The van der Waals surface area contributed by atoms with Crippen molar-refractivity contribution in [3.63, 3.8) is 0 Å². The summed E-state index contributed by atoms with van der Waals surface area (Å²) in [4.78, 5) is 0. The first kappa shape index (κ1) is 17.4. The first-order valence-electron chi connectivity index (χ1n) is 8.49. The average Bonchev–Trinajstić information content (AvgIpc) is 2.70. The average molecular weight is 333 g/mol. The maximum Gasteiger partial charge on any atom is 0.0984 e. The van der Waals surface area contributed by atoms with Crippen molar-refractivity contribution < 1.29 is 10.2 Å². The van der Waals surface area contributed by atoms with Crippen LogP contribution in [0.4, 0.5) is 0 Å². The molecule has 0 aromatic heterocycles. The highest BCUT2D eigenvalue weighted by atomic mass is 16.3. The molecular formula is C22H23NO2. The minimum Gasteiger partial charge on any atom is -0.394 e. The van der Waals surface area contributed by atoms with Gasteiger partial charge < -0.3 is 10.2 Å². The van der Waals surface area contributed by atoms with Crippen molar-refractivity contribution in [1.29, 1.82) is 0 Å². The molecule has 3 aromatic carbocycles. The first-order chi connectivity index (χ1) is 12.3. The molecule has 0 fully saturated rings. The molecule has 3 atom stereocenters. The van der Waals surface area contributed by atoms with Crippen molar-refractivity contribution in [2.45, 2.75) is 18.2 Å². The fourth-order valence-corrected chi connectivity index (χ4v) is 3.03. The van der Waals surface area contributed by atoms with Crippen LogP contribution in [0.5, 0.6) is 0 Å². The summed E-state index contributed by atoms with van der Waals surface area (Å²) in [6.45, 7) is -0.0468. The van der Waals surface area contributed by atoms with Gasteiger partial charge in [0.1, 0.15) is 0 Å². The second-order valence-electron chi connectivity index (χ2n) is 6.06. The van der Waals surface area contributed by atoms with Crippen LogP contribution < -0.4 is 5.32 Å². The summed E-state index contributed by atoms with van der Waals surface area (Å²) in [6, 6.07) is 28.7. The van der Waals surface area contributed by atoms with E-state index in [0.29, 0.717) is 0 Å². The van der Waals surface area contributed by atoms with Crippen LogP contribution in [-0.4, -0.2) is 16.8 Å². The minimum absolute atomic E-state index is 0.0468. The molecule has 3 rings (SSSR count). The van der Waals surface area contributed by atoms with Gasteiger partial charge in [-0.05, 0) is 16.7 Å². The van der Waals surface area contributed by atoms with E-state index >= 15 is 0 Å². The fourth-order valence-electron chi connectivity index (χ4n) is 3.03. The van der Waals surface area contributed by atoms with Gasteiger partial charge in [0.05, 0.1) is 24.8 Å². The van der Waals surface area contributed by atoms with Crippen molar-refractivity contribution in [1.82, 2.24) is 5.32 Å². The standard InChI is InChI=1S/C22H23NO2/c24-16-20(17-10-4-1-5-11-17)23-21(18-12-6-2-7-13-18)22(25)19-14-8-3-9-15-19/h1-15,20-25H,16H2/t20-,21+,22-/m0/s1. The van der Waals surface area contributed by atoms with Gasteiger partial charge in [-0.3, -0.25) is 5.32 Å². The molecule has 0 spiro atoms. The maximum atomic E-state index is 11.0. The van der Waals surface area contributed by atoms with Crippen molar-refractivity contribution in [3.8, 4) is 0 Å². The van der Waals surface area contributed by atoms with Crippen LogP contribution in [0, 0.1) is 0 Å². The van der Waals surface area contributed by atoms with Gasteiger partial charge in [0.2, 0.25) is 0 Å². The summed E-state index contributed by atoms with van der Waals surface area (Å²) >= 11 is 0. The molecule has 0 saturated carbocycles. The Morgan fingerprint density at radius 2 is 1.08 bits per heavy atom. The number of benzene rings is 3. The molecule has 25 heavy (non-hydrogen) atoms. The number of hydrogen-bond acceptors (Lipinski definition) is 3. The Kier molecular flexibility index (Phi) is 5.96. The van der Waals surface area contributed by atoms with Gasteiger partial charge in [-0.2, -0.15) is 0 Å². The van der Waals surface area contributed by atoms with E-state index in [9.17, 15) is 10.2 Å². The molecule has 0 aliphatic rings. The molecule has 0 saturated heterocycles. The molecule has 0 unspecified atom stereocenters. The zero-order valence-corrected chi connectivity index (χ0v) is 14.0. The summed E-state index contributed by atoms with van der Waals surface area (Å²) in [7, 11) is 0. The smallest absolute Gasteiger partial charge is 0.0984 e. The van der Waals surface area contributed by atoms with Crippen LogP contribution in [0.3, 0.4) is 0 Å². The predicted octanol–water partition coefficient (Wildman–Crippen LogP) is 3.78. The fraction of sp³-hybridized carbons (Fsp3) is 0.182. The molecule has 0 aliphatic carbocycles. The lowest BCUT2D eigenvalue weighted by molar-refractivity contribution is 0.112. The summed E-state index contributed by atoms with van der Waals surface area (Å²) < 4.78 is 0. The van der Waals surface area contributed by atoms with E-state index in [1.54, 1.807) is 0 Å². The highest BCUT2D eigenvalue weighted by molar-refractivity contribution is 5.27. The Morgan fingerprint density at radius 1 is 0.640 bits per heavy atom. The van der Waals surface area contributed by atoms with Gasteiger partial charge in [-0.25, -0.2) is 0 Å². The zero-order valence-electron chi connectivity index (χ0n) is 14.0. The van der Waals surface area contributed by atoms with E-state index in [0.717, 1.165) is 16.7 Å². The van der Waals surface area contributed by atoms with Crippen LogP contribution in [0.1, 0.15) is 34.9 Å². The Morgan fingerprint density at radius 3 is 1.56 bits per heavy atom. The number of aliphatic hydroxyl groups is 2. The number of rotatable bonds is 7. The molecule has 128 valence electrons.